The van der Waals surface area contributed by atoms with Gasteiger partial charge in [-0.1, -0.05) is 135 Å². The topological polar surface area (TPSA) is 7.65 Å². The van der Waals surface area contributed by atoms with Gasteiger partial charge in [-0.25, -0.2) is 0 Å². The van der Waals surface area contributed by atoms with Crippen LogP contribution < -0.4 is 4.90 Å². The summed E-state index contributed by atoms with van der Waals surface area (Å²) in [5.74, 6) is 0. The molecule has 0 saturated heterocycles. The lowest BCUT2D eigenvalue weighted by molar-refractivity contribution is 0.660. The SMILES string of the molecule is CC1(C)c2ccccc2-c2cc(N(c3ccc(-c4ccc5c(c4)sc4ccccc45)cc3)c3cccc4c5cccc6c7ccccc7n(c34)c65)ccc21. The Balaban J connectivity index is 1.09. The molecule has 8 aromatic carbocycles. The van der Waals surface area contributed by atoms with Crippen LogP contribution in [0.5, 0.6) is 0 Å². The molecule has 0 bridgehead atoms. The van der Waals surface area contributed by atoms with E-state index in [2.05, 4.69) is 193 Å². The highest BCUT2D eigenvalue weighted by molar-refractivity contribution is 7.25. The maximum Gasteiger partial charge on any atom is 0.0782 e. The molecular formula is C51H34N2S. The summed E-state index contributed by atoms with van der Waals surface area (Å²) in [5.41, 5.74) is 15.0. The van der Waals surface area contributed by atoms with Crippen molar-refractivity contribution in [3.8, 4) is 22.3 Å². The number of fused-ring (bicyclic) bond motifs is 12. The van der Waals surface area contributed by atoms with Gasteiger partial charge in [0.2, 0.25) is 0 Å². The molecule has 0 saturated carbocycles. The van der Waals surface area contributed by atoms with Crippen LogP contribution in [-0.2, 0) is 5.41 Å². The number of hydrogen-bond acceptors (Lipinski definition) is 2. The Morgan fingerprint density at radius 1 is 0.444 bits per heavy atom. The Kier molecular flexibility index (Phi) is 6.03. The first-order valence-corrected chi connectivity index (χ1v) is 19.6. The van der Waals surface area contributed by atoms with Crippen molar-refractivity contribution in [3.63, 3.8) is 0 Å². The fourth-order valence-corrected chi connectivity index (χ4v) is 10.8. The second-order valence-corrected chi connectivity index (χ2v) is 16.4. The second kappa shape index (κ2) is 10.8. The van der Waals surface area contributed by atoms with E-state index in [0.717, 1.165) is 17.1 Å². The van der Waals surface area contributed by atoms with Crippen LogP contribution in [0.1, 0.15) is 25.0 Å². The van der Waals surface area contributed by atoms with Gasteiger partial charge in [0.1, 0.15) is 0 Å². The first-order valence-electron chi connectivity index (χ1n) is 18.8. The van der Waals surface area contributed by atoms with E-state index in [1.807, 2.05) is 11.3 Å². The predicted octanol–water partition coefficient (Wildman–Crippen LogP) is 14.6. The van der Waals surface area contributed by atoms with Crippen molar-refractivity contribution in [2.24, 2.45) is 0 Å². The Labute approximate surface area is 317 Å². The zero-order chi connectivity index (χ0) is 35.7. The van der Waals surface area contributed by atoms with E-state index in [1.165, 1.54) is 91.6 Å². The molecule has 0 spiro atoms. The van der Waals surface area contributed by atoms with Crippen molar-refractivity contribution in [2.75, 3.05) is 4.90 Å². The van der Waals surface area contributed by atoms with Gasteiger partial charge < -0.3 is 9.30 Å². The summed E-state index contributed by atoms with van der Waals surface area (Å²) in [4.78, 5) is 2.48. The molecule has 0 fully saturated rings. The van der Waals surface area contributed by atoms with Crippen LogP contribution in [0.25, 0.3) is 80.5 Å². The summed E-state index contributed by atoms with van der Waals surface area (Å²) >= 11 is 1.87. The van der Waals surface area contributed by atoms with Crippen LogP contribution in [0.15, 0.2) is 170 Å². The average Bonchev–Trinajstić information content (AvgIpc) is 3.93. The lowest BCUT2D eigenvalue weighted by Crippen LogP contribution is -2.15. The molecule has 254 valence electrons. The Morgan fingerprint density at radius 2 is 1.07 bits per heavy atom. The van der Waals surface area contributed by atoms with E-state index in [0.29, 0.717) is 0 Å². The Bertz CT molecular complexity index is 3310. The number of nitrogens with zero attached hydrogens (tertiary/aromatic N) is 2. The number of aromatic nitrogens is 1. The van der Waals surface area contributed by atoms with Gasteiger partial charge in [-0.3, -0.25) is 0 Å². The molecule has 0 atom stereocenters. The largest absolute Gasteiger partial charge is 0.308 e. The number of para-hydroxylation sites is 3. The zero-order valence-electron chi connectivity index (χ0n) is 30.0. The molecule has 1 aliphatic rings. The summed E-state index contributed by atoms with van der Waals surface area (Å²) in [7, 11) is 0. The molecule has 2 nitrogen and oxygen atoms in total. The molecule has 3 heterocycles. The third kappa shape index (κ3) is 4.00. The molecule has 1 aliphatic carbocycles. The standard InChI is InChI=1S/C51H34N2S/c1-51(2)43-17-6-3-11-35(43)42-30-34(26-28-44(42)51)52(33-24-21-31(22-25-33)32-23-27-38-37-13-5-8-20-47(37)54-48(38)29-32)46-19-10-16-41-40-15-9-14-39-36-12-4-7-18-45(36)53(49(39)40)50(41)46/h3-30H,1-2H3. The highest BCUT2D eigenvalue weighted by Crippen LogP contribution is 2.52. The third-order valence-corrected chi connectivity index (χ3v) is 13.3. The molecule has 0 aliphatic heterocycles. The van der Waals surface area contributed by atoms with E-state index >= 15 is 0 Å². The summed E-state index contributed by atoms with van der Waals surface area (Å²) in [6, 6.07) is 63.4. The number of rotatable bonds is 4. The van der Waals surface area contributed by atoms with Gasteiger partial charge in [0, 0.05) is 58.5 Å². The zero-order valence-corrected chi connectivity index (χ0v) is 30.8. The van der Waals surface area contributed by atoms with Crippen molar-refractivity contribution < 1.29 is 0 Å². The van der Waals surface area contributed by atoms with Gasteiger partial charge >= 0.3 is 0 Å². The molecule has 54 heavy (non-hydrogen) atoms. The number of benzene rings is 8. The Morgan fingerprint density at radius 3 is 1.94 bits per heavy atom. The van der Waals surface area contributed by atoms with Gasteiger partial charge in [0.05, 0.1) is 22.2 Å². The van der Waals surface area contributed by atoms with Gasteiger partial charge in [-0.05, 0) is 81.9 Å². The quantitative estimate of drug-likeness (QED) is 0.177. The molecule has 3 aromatic heterocycles. The van der Waals surface area contributed by atoms with Crippen LogP contribution >= 0.6 is 11.3 Å². The molecule has 3 heteroatoms. The van der Waals surface area contributed by atoms with E-state index < -0.39 is 0 Å². The van der Waals surface area contributed by atoms with Crippen molar-refractivity contribution in [1.29, 1.82) is 0 Å². The first-order chi connectivity index (χ1) is 26.5. The molecule has 12 rings (SSSR count). The smallest absolute Gasteiger partial charge is 0.0782 e. The minimum atomic E-state index is -0.0578. The first kappa shape index (κ1) is 30.1. The van der Waals surface area contributed by atoms with Crippen molar-refractivity contribution in [3.05, 3.63) is 181 Å². The molecule has 0 radical (unpaired) electrons. The van der Waals surface area contributed by atoms with E-state index in [1.54, 1.807) is 0 Å². The van der Waals surface area contributed by atoms with Crippen molar-refractivity contribution in [1.82, 2.24) is 4.40 Å². The van der Waals surface area contributed by atoms with Crippen LogP contribution in [-0.4, -0.2) is 4.40 Å². The minimum absolute atomic E-state index is 0.0578. The second-order valence-electron chi connectivity index (χ2n) is 15.3. The monoisotopic (exact) mass is 706 g/mol. The van der Waals surface area contributed by atoms with Gasteiger partial charge in [-0.15, -0.1) is 11.3 Å². The van der Waals surface area contributed by atoms with E-state index in [4.69, 9.17) is 0 Å². The lowest BCUT2D eigenvalue weighted by Gasteiger charge is -2.28. The van der Waals surface area contributed by atoms with Crippen molar-refractivity contribution in [2.45, 2.75) is 19.3 Å². The maximum absolute atomic E-state index is 2.51. The average molecular weight is 707 g/mol. The van der Waals surface area contributed by atoms with Crippen LogP contribution in [0.3, 0.4) is 0 Å². The number of anilines is 3. The fraction of sp³-hybridized carbons (Fsp3) is 0.0588. The molecule has 11 aromatic rings. The lowest BCUT2D eigenvalue weighted by atomic mass is 9.82. The molecule has 0 unspecified atom stereocenters. The van der Waals surface area contributed by atoms with Crippen LogP contribution in [0, 0.1) is 0 Å². The summed E-state index contributed by atoms with van der Waals surface area (Å²) in [6.45, 7) is 4.71. The highest BCUT2D eigenvalue weighted by Gasteiger charge is 2.35. The molecule has 0 amide bonds. The maximum atomic E-state index is 2.51. The van der Waals surface area contributed by atoms with Gasteiger partial charge in [0.25, 0.3) is 0 Å². The summed E-state index contributed by atoms with van der Waals surface area (Å²) in [5, 5.41) is 7.81. The van der Waals surface area contributed by atoms with Crippen LogP contribution in [0.2, 0.25) is 0 Å². The molecule has 0 N–H and O–H groups in total. The Hall–Kier alpha value is -6.42. The highest BCUT2D eigenvalue weighted by atomic mass is 32.1. The minimum Gasteiger partial charge on any atom is -0.308 e. The number of hydrogen-bond donors (Lipinski definition) is 0. The van der Waals surface area contributed by atoms with Crippen LogP contribution in [0.4, 0.5) is 17.1 Å². The number of thiophene rings is 1. The van der Waals surface area contributed by atoms with E-state index in [9.17, 15) is 0 Å². The molecular weight excluding hydrogens is 673 g/mol. The third-order valence-electron chi connectivity index (χ3n) is 12.1. The van der Waals surface area contributed by atoms with Gasteiger partial charge in [0.15, 0.2) is 0 Å². The van der Waals surface area contributed by atoms with E-state index in [-0.39, 0.29) is 5.41 Å². The summed E-state index contributed by atoms with van der Waals surface area (Å²) in [6.07, 6.45) is 0. The normalized spacial score (nSPS) is 13.5. The van der Waals surface area contributed by atoms with Gasteiger partial charge in [-0.2, -0.15) is 0 Å². The fourth-order valence-electron chi connectivity index (χ4n) is 9.62. The summed E-state index contributed by atoms with van der Waals surface area (Å²) < 4.78 is 5.17. The predicted molar refractivity (Wildman–Crippen MR) is 232 cm³/mol. The van der Waals surface area contributed by atoms with Crippen molar-refractivity contribution >= 4 is 86.7 Å².